The lowest BCUT2D eigenvalue weighted by atomic mass is 10.2. The van der Waals surface area contributed by atoms with Gasteiger partial charge in [0.2, 0.25) is 5.91 Å². The zero-order chi connectivity index (χ0) is 15.9. The van der Waals surface area contributed by atoms with Crippen LogP contribution in [0.15, 0.2) is 49.2 Å². The first-order valence-corrected chi connectivity index (χ1v) is 7.26. The van der Waals surface area contributed by atoms with Crippen LogP contribution in [-0.4, -0.2) is 29.1 Å². The van der Waals surface area contributed by atoms with Crippen molar-refractivity contribution < 1.29 is 14.3 Å². The lowest BCUT2D eigenvalue weighted by molar-refractivity contribution is -0.147. The highest BCUT2D eigenvalue weighted by atomic mass is 16.5. The van der Waals surface area contributed by atoms with Gasteiger partial charge in [-0.05, 0) is 30.9 Å². The summed E-state index contributed by atoms with van der Waals surface area (Å²) in [7, 11) is 0. The van der Waals surface area contributed by atoms with Gasteiger partial charge in [-0.25, -0.2) is 4.79 Å². The molecule has 1 atom stereocenters. The third-order valence-corrected chi connectivity index (χ3v) is 3.30. The van der Waals surface area contributed by atoms with E-state index in [0.29, 0.717) is 6.42 Å². The van der Waals surface area contributed by atoms with Crippen molar-refractivity contribution in [3.63, 3.8) is 0 Å². The minimum atomic E-state index is -0.688. The summed E-state index contributed by atoms with van der Waals surface area (Å²) < 4.78 is 6.80. The van der Waals surface area contributed by atoms with Gasteiger partial charge in [0.25, 0.3) is 0 Å². The van der Waals surface area contributed by atoms with Crippen LogP contribution in [0, 0.1) is 0 Å². The summed E-state index contributed by atoms with van der Waals surface area (Å²) in [5.41, 5.74) is 0.981. The third kappa shape index (κ3) is 3.75. The molecule has 5 nitrogen and oxygen atoms in total. The lowest BCUT2D eigenvalue weighted by Gasteiger charge is -2.16. The second-order valence-corrected chi connectivity index (χ2v) is 4.90. The summed E-state index contributed by atoms with van der Waals surface area (Å²) in [6.07, 6.45) is 3.79. The summed E-state index contributed by atoms with van der Waals surface area (Å²) in [5.74, 6) is -0.672. The van der Waals surface area contributed by atoms with E-state index >= 15 is 0 Å². The number of nitrogens with one attached hydrogen (secondary N) is 1. The number of hydrogen-bond donors (Lipinski definition) is 1. The molecule has 0 spiro atoms. The van der Waals surface area contributed by atoms with Crippen LogP contribution in [0.1, 0.15) is 13.3 Å². The molecule has 0 saturated heterocycles. The molecule has 1 aromatic carbocycles. The quantitative estimate of drug-likeness (QED) is 0.630. The van der Waals surface area contributed by atoms with Crippen molar-refractivity contribution in [2.24, 2.45) is 0 Å². The number of amides is 1. The van der Waals surface area contributed by atoms with Crippen LogP contribution in [0.5, 0.6) is 0 Å². The highest BCUT2D eigenvalue weighted by molar-refractivity contribution is 5.86. The van der Waals surface area contributed by atoms with Crippen molar-refractivity contribution in [3.8, 4) is 0 Å². The van der Waals surface area contributed by atoms with E-state index in [9.17, 15) is 9.59 Å². The molecule has 1 N–H and O–H groups in total. The van der Waals surface area contributed by atoms with Crippen LogP contribution in [0.2, 0.25) is 0 Å². The van der Waals surface area contributed by atoms with Gasteiger partial charge in [0.05, 0.1) is 6.61 Å². The number of hydrogen-bond acceptors (Lipinski definition) is 3. The molecule has 2 rings (SSSR count). The number of carbonyl (C=O) groups excluding carboxylic acids is 2. The van der Waals surface area contributed by atoms with Crippen molar-refractivity contribution in [1.82, 2.24) is 9.88 Å². The Hall–Kier alpha value is -2.56. The van der Waals surface area contributed by atoms with Gasteiger partial charge in [0.1, 0.15) is 12.6 Å². The van der Waals surface area contributed by atoms with Crippen molar-refractivity contribution in [2.45, 2.75) is 25.9 Å². The molecule has 0 saturated carbocycles. The normalized spacial score (nSPS) is 11.9. The Labute approximate surface area is 129 Å². The van der Waals surface area contributed by atoms with Crippen LogP contribution >= 0.6 is 0 Å². The van der Waals surface area contributed by atoms with Gasteiger partial charge in [0, 0.05) is 11.7 Å². The number of nitrogens with zero attached hydrogens (tertiary/aromatic N) is 1. The van der Waals surface area contributed by atoms with Crippen LogP contribution in [0.25, 0.3) is 10.9 Å². The molecule has 0 aliphatic heterocycles. The SMILES string of the molecule is C=CC[C@@H](NC(=O)Cn1ccc2ccccc21)C(=O)OCC. The molecule has 0 radical (unpaired) electrons. The summed E-state index contributed by atoms with van der Waals surface area (Å²) in [4.78, 5) is 24.0. The largest absolute Gasteiger partial charge is 0.464 e. The van der Waals surface area contributed by atoms with Crippen LogP contribution in [0.3, 0.4) is 0 Å². The molecule has 0 unspecified atom stereocenters. The maximum absolute atomic E-state index is 12.2. The highest BCUT2D eigenvalue weighted by Gasteiger charge is 2.20. The van der Waals surface area contributed by atoms with E-state index in [4.69, 9.17) is 4.74 Å². The molecule has 2 aromatic rings. The lowest BCUT2D eigenvalue weighted by Crippen LogP contribution is -2.42. The van der Waals surface area contributed by atoms with Crippen LogP contribution in [-0.2, 0) is 20.9 Å². The van der Waals surface area contributed by atoms with Crippen molar-refractivity contribution in [1.29, 1.82) is 0 Å². The molecule has 0 fully saturated rings. The van der Waals surface area contributed by atoms with E-state index in [0.717, 1.165) is 10.9 Å². The molecule has 0 bridgehead atoms. The first kappa shape index (κ1) is 15.8. The average molecular weight is 300 g/mol. The minimum absolute atomic E-state index is 0.153. The van der Waals surface area contributed by atoms with E-state index in [-0.39, 0.29) is 19.1 Å². The number of benzene rings is 1. The van der Waals surface area contributed by atoms with Gasteiger partial charge >= 0.3 is 5.97 Å². The Bertz CT molecular complexity index is 675. The smallest absolute Gasteiger partial charge is 0.328 e. The van der Waals surface area contributed by atoms with E-state index in [1.165, 1.54) is 0 Å². The number of rotatable bonds is 7. The molecule has 5 heteroatoms. The van der Waals surface area contributed by atoms with E-state index in [2.05, 4.69) is 11.9 Å². The summed E-state index contributed by atoms with van der Waals surface area (Å²) in [6.45, 7) is 5.77. The Balaban J connectivity index is 2.04. The third-order valence-electron chi connectivity index (χ3n) is 3.30. The van der Waals surface area contributed by atoms with Gasteiger partial charge in [-0.1, -0.05) is 24.3 Å². The van der Waals surface area contributed by atoms with Crippen molar-refractivity contribution in [2.75, 3.05) is 6.61 Å². The Kier molecular flexibility index (Phi) is 5.36. The molecule has 0 aliphatic rings. The fraction of sp³-hybridized carbons (Fsp3) is 0.294. The second kappa shape index (κ2) is 7.45. The van der Waals surface area contributed by atoms with Gasteiger partial charge in [-0.3, -0.25) is 4.79 Å². The molecular weight excluding hydrogens is 280 g/mol. The average Bonchev–Trinajstić information content (AvgIpc) is 2.90. The summed E-state index contributed by atoms with van der Waals surface area (Å²) in [6, 6.07) is 9.09. The zero-order valence-electron chi connectivity index (χ0n) is 12.6. The molecular formula is C17H20N2O3. The predicted octanol–water partition coefficient (Wildman–Crippen LogP) is 2.27. The number of para-hydroxylation sites is 1. The number of esters is 1. The van der Waals surface area contributed by atoms with Crippen molar-refractivity contribution >= 4 is 22.8 Å². The Morgan fingerprint density at radius 1 is 1.36 bits per heavy atom. The number of fused-ring (bicyclic) bond motifs is 1. The second-order valence-electron chi connectivity index (χ2n) is 4.90. The number of aromatic nitrogens is 1. The monoisotopic (exact) mass is 300 g/mol. The fourth-order valence-electron chi connectivity index (χ4n) is 2.30. The maximum atomic E-state index is 12.2. The standard InChI is InChI=1S/C17H20N2O3/c1-3-7-14(17(21)22-4-2)18-16(20)12-19-11-10-13-8-5-6-9-15(13)19/h3,5-6,8-11,14H,1,4,7,12H2,2H3,(H,18,20)/t14-/m1/s1. The molecule has 0 aliphatic carbocycles. The molecule has 22 heavy (non-hydrogen) atoms. The Morgan fingerprint density at radius 2 is 2.14 bits per heavy atom. The first-order chi connectivity index (χ1) is 10.7. The van der Waals surface area contributed by atoms with Crippen LogP contribution < -0.4 is 5.32 Å². The molecule has 116 valence electrons. The summed E-state index contributed by atoms with van der Waals surface area (Å²) >= 11 is 0. The minimum Gasteiger partial charge on any atom is -0.464 e. The van der Waals surface area contributed by atoms with Crippen LogP contribution in [0.4, 0.5) is 0 Å². The predicted molar refractivity (Wildman–Crippen MR) is 85.3 cm³/mol. The number of ether oxygens (including phenoxy) is 1. The molecule has 1 heterocycles. The van der Waals surface area contributed by atoms with Gasteiger partial charge in [-0.2, -0.15) is 0 Å². The number of carbonyl (C=O) groups is 2. The van der Waals surface area contributed by atoms with Gasteiger partial charge in [0.15, 0.2) is 0 Å². The van der Waals surface area contributed by atoms with Gasteiger partial charge in [-0.15, -0.1) is 6.58 Å². The molecule has 1 amide bonds. The summed E-state index contributed by atoms with van der Waals surface area (Å²) in [5, 5.41) is 3.77. The zero-order valence-corrected chi connectivity index (χ0v) is 12.6. The highest BCUT2D eigenvalue weighted by Crippen LogP contribution is 2.14. The van der Waals surface area contributed by atoms with E-state index in [1.807, 2.05) is 41.1 Å². The molecule has 1 aromatic heterocycles. The van der Waals surface area contributed by atoms with Crippen molar-refractivity contribution in [3.05, 3.63) is 49.2 Å². The van der Waals surface area contributed by atoms with E-state index in [1.54, 1.807) is 13.0 Å². The fourth-order valence-corrected chi connectivity index (χ4v) is 2.30. The Morgan fingerprint density at radius 3 is 2.86 bits per heavy atom. The first-order valence-electron chi connectivity index (χ1n) is 7.26. The maximum Gasteiger partial charge on any atom is 0.328 e. The topological polar surface area (TPSA) is 60.3 Å². The van der Waals surface area contributed by atoms with Gasteiger partial charge < -0.3 is 14.6 Å². The van der Waals surface area contributed by atoms with E-state index < -0.39 is 12.0 Å².